The van der Waals surface area contributed by atoms with Gasteiger partial charge >= 0.3 is 0 Å². The minimum atomic E-state index is -0.391. The average Bonchev–Trinajstić information content (AvgIpc) is 3.15. The topological polar surface area (TPSA) is 81.8 Å². The largest absolute Gasteiger partial charge is 0.283 e. The number of aromatic nitrogens is 4. The van der Waals surface area contributed by atoms with Crippen LogP contribution in [0.4, 0.5) is 0 Å². The second-order valence-corrected chi connectivity index (χ2v) is 8.32. The lowest BCUT2D eigenvalue weighted by Gasteiger charge is -2.19. The molecule has 0 saturated heterocycles. The summed E-state index contributed by atoms with van der Waals surface area (Å²) in [4.78, 5) is 29.8. The van der Waals surface area contributed by atoms with Crippen molar-refractivity contribution in [2.24, 2.45) is 0 Å². The average molecular weight is 401 g/mol. The Kier molecular flexibility index (Phi) is 4.73. The Morgan fingerprint density at radius 2 is 1.67 bits per heavy atom. The van der Waals surface area contributed by atoms with Crippen molar-refractivity contribution in [2.75, 3.05) is 5.43 Å². The number of fused-ring (bicyclic) bond motifs is 1. The number of amides is 1. The van der Waals surface area contributed by atoms with E-state index in [1.54, 1.807) is 16.8 Å². The summed E-state index contributed by atoms with van der Waals surface area (Å²) in [5.41, 5.74) is 6.17. The summed E-state index contributed by atoms with van der Waals surface area (Å²) in [5, 5.41) is 4.62. The van der Waals surface area contributed by atoms with Crippen LogP contribution in [0.2, 0.25) is 0 Å². The molecule has 1 N–H and O–H groups in total. The third-order valence-corrected chi connectivity index (χ3v) is 5.00. The maximum atomic E-state index is 12.8. The Morgan fingerprint density at radius 3 is 2.30 bits per heavy atom. The standard InChI is InChI=1S/C23H23N5O2/c1-15-5-11-18(12-6-15)28-20-19(13-25-28)22(30)27(14-24-20)26-21(29)16-7-9-17(10-8-16)23(2,3)4/h5-14H,1-4H3,(H,26,29). The highest BCUT2D eigenvalue weighted by molar-refractivity contribution is 6.00. The summed E-state index contributed by atoms with van der Waals surface area (Å²) in [6.45, 7) is 8.33. The van der Waals surface area contributed by atoms with Crippen LogP contribution in [0.25, 0.3) is 16.7 Å². The van der Waals surface area contributed by atoms with Crippen LogP contribution in [-0.2, 0) is 5.41 Å². The Bertz CT molecular complexity index is 1280. The van der Waals surface area contributed by atoms with Gasteiger partial charge in [-0.25, -0.2) is 14.3 Å². The summed E-state index contributed by atoms with van der Waals surface area (Å²) in [6, 6.07) is 15.1. The lowest BCUT2D eigenvalue weighted by atomic mass is 9.87. The Morgan fingerprint density at radius 1 is 1.00 bits per heavy atom. The van der Waals surface area contributed by atoms with E-state index in [-0.39, 0.29) is 11.3 Å². The number of carbonyl (C=O) groups excluding carboxylic acids is 1. The molecule has 0 aliphatic carbocycles. The second-order valence-electron chi connectivity index (χ2n) is 8.32. The maximum Gasteiger partial charge on any atom is 0.283 e. The zero-order chi connectivity index (χ0) is 21.5. The first-order chi connectivity index (χ1) is 14.2. The van der Waals surface area contributed by atoms with Crippen molar-refractivity contribution in [3.63, 3.8) is 0 Å². The fraction of sp³-hybridized carbons (Fsp3) is 0.217. The predicted molar refractivity (Wildman–Crippen MR) is 117 cm³/mol. The van der Waals surface area contributed by atoms with E-state index in [1.165, 1.54) is 12.5 Å². The second kappa shape index (κ2) is 7.26. The zero-order valence-electron chi connectivity index (χ0n) is 17.4. The van der Waals surface area contributed by atoms with Crippen LogP contribution in [0, 0.1) is 6.92 Å². The van der Waals surface area contributed by atoms with E-state index < -0.39 is 5.56 Å². The first kappa shape index (κ1) is 19.6. The van der Waals surface area contributed by atoms with Gasteiger partial charge in [-0.2, -0.15) is 5.10 Å². The summed E-state index contributed by atoms with van der Waals surface area (Å²) in [7, 11) is 0. The molecular weight excluding hydrogens is 378 g/mol. The molecule has 0 fully saturated rings. The van der Waals surface area contributed by atoms with Gasteiger partial charge in [0.25, 0.3) is 11.5 Å². The van der Waals surface area contributed by atoms with Gasteiger partial charge in [-0.15, -0.1) is 0 Å². The van der Waals surface area contributed by atoms with Gasteiger partial charge in [0.2, 0.25) is 0 Å². The Labute approximate surface area is 174 Å². The molecule has 4 aromatic rings. The minimum Gasteiger partial charge on any atom is -0.267 e. The zero-order valence-corrected chi connectivity index (χ0v) is 17.4. The maximum absolute atomic E-state index is 12.8. The van der Waals surface area contributed by atoms with E-state index in [1.807, 2.05) is 43.3 Å². The fourth-order valence-electron chi connectivity index (χ4n) is 3.16. The number of benzene rings is 2. The van der Waals surface area contributed by atoms with Crippen molar-refractivity contribution in [1.82, 2.24) is 19.4 Å². The van der Waals surface area contributed by atoms with Crippen molar-refractivity contribution < 1.29 is 4.79 Å². The molecule has 1 amide bonds. The smallest absolute Gasteiger partial charge is 0.267 e. The molecule has 0 unspecified atom stereocenters. The molecule has 7 heteroatoms. The molecule has 2 heterocycles. The third kappa shape index (κ3) is 3.61. The first-order valence-corrected chi connectivity index (χ1v) is 9.68. The van der Waals surface area contributed by atoms with Gasteiger partial charge in [0.1, 0.15) is 11.7 Å². The first-order valence-electron chi connectivity index (χ1n) is 9.68. The molecule has 0 atom stereocenters. The van der Waals surface area contributed by atoms with E-state index in [2.05, 4.69) is 36.3 Å². The molecular formula is C23H23N5O2. The van der Waals surface area contributed by atoms with Crippen LogP contribution in [0.1, 0.15) is 42.3 Å². The monoisotopic (exact) mass is 401 g/mol. The molecule has 152 valence electrons. The number of rotatable bonds is 3. The van der Waals surface area contributed by atoms with Gasteiger partial charge in [-0.05, 0) is 42.2 Å². The summed E-state index contributed by atoms with van der Waals surface area (Å²) >= 11 is 0. The highest BCUT2D eigenvalue weighted by Gasteiger charge is 2.16. The molecule has 2 aromatic carbocycles. The molecule has 7 nitrogen and oxygen atoms in total. The lowest BCUT2D eigenvalue weighted by molar-refractivity contribution is 0.101. The van der Waals surface area contributed by atoms with E-state index in [0.717, 1.165) is 21.5 Å². The van der Waals surface area contributed by atoms with Gasteiger partial charge in [0, 0.05) is 5.56 Å². The van der Waals surface area contributed by atoms with Gasteiger partial charge in [0.05, 0.1) is 11.9 Å². The molecule has 0 spiro atoms. The van der Waals surface area contributed by atoms with Crippen LogP contribution >= 0.6 is 0 Å². The summed E-state index contributed by atoms with van der Waals surface area (Å²) < 4.78 is 2.69. The van der Waals surface area contributed by atoms with Crippen molar-refractivity contribution in [3.8, 4) is 5.69 Å². The molecule has 2 aromatic heterocycles. The summed E-state index contributed by atoms with van der Waals surface area (Å²) in [6.07, 6.45) is 2.77. The van der Waals surface area contributed by atoms with Crippen molar-refractivity contribution in [2.45, 2.75) is 33.1 Å². The minimum absolute atomic E-state index is 0.00148. The van der Waals surface area contributed by atoms with E-state index in [9.17, 15) is 9.59 Å². The number of aryl methyl sites for hydroxylation is 1. The van der Waals surface area contributed by atoms with E-state index in [4.69, 9.17) is 0 Å². The number of nitrogens with one attached hydrogen (secondary N) is 1. The molecule has 30 heavy (non-hydrogen) atoms. The molecule has 0 bridgehead atoms. The number of carbonyl (C=O) groups is 1. The third-order valence-electron chi connectivity index (χ3n) is 5.00. The molecule has 0 aliphatic heterocycles. The Balaban J connectivity index is 1.62. The number of nitrogens with zero attached hydrogens (tertiary/aromatic N) is 4. The number of hydrogen-bond acceptors (Lipinski definition) is 4. The van der Waals surface area contributed by atoms with Crippen LogP contribution in [0.15, 0.2) is 65.8 Å². The molecule has 0 radical (unpaired) electrons. The van der Waals surface area contributed by atoms with E-state index >= 15 is 0 Å². The van der Waals surface area contributed by atoms with E-state index in [0.29, 0.717) is 16.6 Å². The SMILES string of the molecule is Cc1ccc(-n2ncc3c(=O)n(NC(=O)c4ccc(C(C)(C)C)cc4)cnc32)cc1. The molecule has 0 aliphatic rings. The van der Waals surface area contributed by atoms with Crippen LogP contribution < -0.4 is 11.0 Å². The van der Waals surface area contributed by atoms with Gasteiger partial charge in [0.15, 0.2) is 5.65 Å². The van der Waals surface area contributed by atoms with Crippen LogP contribution in [-0.4, -0.2) is 25.3 Å². The van der Waals surface area contributed by atoms with Gasteiger partial charge < -0.3 is 0 Å². The van der Waals surface area contributed by atoms with Crippen LogP contribution in [0.3, 0.4) is 0 Å². The van der Waals surface area contributed by atoms with Gasteiger partial charge in [-0.1, -0.05) is 50.6 Å². The summed E-state index contributed by atoms with van der Waals surface area (Å²) in [5.74, 6) is -0.385. The normalized spacial score (nSPS) is 11.6. The highest BCUT2D eigenvalue weighted by Crippen LogP contribution is 2.22. The van der Waals surface area contributed by atoms with Gasteiger partial charge in [-0.3, -0.25) is 15.0 Å². The quantitative estimate of drug-likeness (QED) is 0.569. The van der Waals surface area contributed by atoms with Crippen molar-refractivity contribution >= 4 is 16.9 Å². The number of hydrogen-bond donors (Lipinski definition) is 1. The lowest BCUT2D eigenvalue weighted by Crippen LogP contribution is -2.33. The van der Waals surface area contributed by atoms with Crippen LogP contribution in [0.5, 0.6) is 0 Å². The highest BCUT2D eigenvalue weighted by atomic mass is 16.2. The fourth-order valence-corrected chi connectivity index (χ4v) is 3.16. The molecule has 0 saturated carbocycles. The Hall–Kier alpha value is -3.74. The van der Waals surface area contributed by atoms with Crippen molar-refractivity contribution in [1.29, 1.82) is 0 Å². The van der Waals surface area contributed by atoms with Crippen molar-refractivity contribution in [3.05, 3.63) is 88.1 Å². The molecule has 4 rings (SSSR count). The predicted octanol–water partition coefficient (Wildman–Crippen LogP) is 3.57.